The molecule has 0 aliphatic heterocycles. The molecule has 3 rings (SSSR count). The van der Waals surface area contributed by atoms with E-state index in [9.17, 15) is 18.0 Å². The molecule has 0 aliphatic rings. The molecule has 0 aliphatic carbocycles. The molecular weight excluding hydrogens is 344 g/mol. The average Bonchev–Trinajstić information content (AvgIpc) is 3.05. The summed E-state index contributed by atoms with van der Waals surface area (Å²) in [5, 5.41) is -0.171. The normalized spacial score (nSPS) is 11.5. The number of fused-ring (bicyclic) bond motifs is 1. The van der Waals surface area contributed by atoms with Crippen molar-refractivity contribution in [3.63, 3.8) is 0 Å². The van der Waals surface area contributed by atoms with Crippen molar-refractivity contribution in [2.24, 2.45) is 0 Å². The average molecular weight is 351 g/mol. The molecule has 0 amide bonds. The third-order valence-electron chi connectivity index (χ3n) is 2.96. The van der Waals surface area contributed by atoms with Crippen molar-refractivity contribution in [2.45, 2.75) is 6.18 Å². The minimum atomic E-state index is -4.63. The Bertz CT molecular complexity index is 826. The standard InChI is InChI=1S/C13H6ClF3N2O2.ClH/c14-11-10(5-20)18-12-9(13(15,16)17)3-8(4-19(11)12)7-1-2-21-6-7;/h1-6H;1H. The van der Waals surface area contributed by atoms with Crippen LogP contribution in [-0.2, 0) is 6.18 Å². The van der Waals surface area contributed by atoms with Crippen LogP contribution in [-0.4, -0.2) is 15.7 Å². The monoisotopic (exact) mass is 350 g/mol. The topological polar surface area (TPSA) is 47.5 Å². The second kappa shape index (κ2) is 5.66. The number of furan rings is 1. The number of aromatic nitrogens is 2. The minimum absolute atomic E-state index is 0. The van der Waals surface area contributed by atoms with Gasteiger partial charge < -0.3 is 4.42 Å². The van der Waals surface area contributed by atoms with Gasteiger partial charge in [-0.15, -0.1) is 12.4 Å². The Labute approximate surface area is 132 Å². The number of rotatable bonds is 2. The van der Waals surface area contributed by atoms with Crippen LogP contribution in [0.5, 0.6) is 0 Å². The number of hydrogen-bond acceptors (Lipinski definition) is 3. The molecule has 0 saturated heterocycles. The van der Waals surface area contributed by atoms with Crippen molar-refractivity contribution in [1.82, 2.24) is 9.38 Å². The van der Waals surface area contributed by atoms with Gasteiger partial charge in [0.2, 0.25) is 0 Å². The van der Waals surface area contributed by atoms with Crippen molar-refractivity contribution >= 4 is 35.9 Å². The van der Waals surface area contributed by atoms with Gasteiger partial charge in [-0.2, -0.15) is 13.2 Å². The molecule has 0 fully saturated rings. The zero-order chi connectivity index (χ0) is 15.2. The van der Waals surface area contributed by atoms with Gasteiger partial charge in [-0.25, -0.2) is 4.98 Å². The molecule has 0 N–H and O–H groups in total. The third-order valence-corrected chi connectivity index (χ3v) is 3.33. The Morgan fingerprint density at radius 1 is 1.32 bits per heavy atom. The molecule has 22 heavy (non-hydrogen) atoms. The molecule has 0 saturated carbocycles. The number of aldehydes is 1. The van der Waals surface area contributed by atoms with Crippen molar-refractivity contribution in [3.05, 3.63) is 47.3 Å². The highest BCUT2D eigenvalue weighted by atomic mass is 35.5. The molecule has 9 heteroatoms. The van der Waals surface area contributed by atoms with Gasteiger partial charge in [0.25, 0.3) is 0 Å². The smallest absolute Gasteiger partial charge is 0.420 e. The number of nitrogens with zero attached hydrogens (tertiary/aromatic N) is 2. The summed E-state index contributed by atoms with van der Waals surface area (Å²) in [4.78, 5) is 14.5. The first-order valence-electron chi connectivity index (χ1n) is 5.68. The SMILES string of the molecule is Cl.O=Cc1nc2c(C(F)(F)F)cc(-c3ccoc3)cn2c1Cl. The third kappa shape index (κ3) is 2.57. The lowest BCUT2D eigenvalue weighted by Crippen LogP contribution is -2.08. The first-order chi connectivity index (χ1) is 9.91. The summed E-state index contributed by atoms with van der Waals surface area (Å²) in [6.45, 7) is 0. The molecule has 0 atom stereocenters. The van der Waals surface area contributed by atoms with E-state index in [4.69, 9.17) is 16.0 Å². The van der Waals surface area contributed by atoms with Gasteiger partial charge in [0.15, 0.2) is 11.9 Å². The van der Waals surface area contributed by atoms with E-state index in [0.717, 1.165) is 10.5 Å². The van der Waals surface area contributed by atoms with Gasteiger partial charge in [-0.1, -0.05) is 11.6 Å². The Morgan fingerprint density at radius 2 is 2.05 bits per heavy atom. The minimum Gasteiger partial charge on any atom is -0.472 e. The van der Waals surface area contributed by atoms with E-state index in [0.29, 0.717) is 11.8 Å². The lowest BCUT2D eigenvalue weighted by Gasteiger charge is -2.10. The van der Waals surface area contributed by atoms with Crippen LogP contribution in [0.2, 0.25) is 5.15 Å². The maximum absolute atomic E-state index is 13.2. The highest BCUT2D eigenvalue weighted by molar-refractivity contribution is 6.32. The number of imidazole rings is 1. The first kappa shape index (κ1) is 16.4. The fraction of sp³-hybridized carbons (Fsp3) is 0.0769. The van der Waals surface area contributed by atoms with Crippen molar-refractivity contribution in [1.29, 1.82) is 0 Å². The van der Waals surface area contributed by atoms with Crippen molar-refractivity contribution in [2.75, 3.05) is 0 Å². The summed E-state index contributed by atoms with van der Waals surface area (Å²) >= 11 is 5.89. The van der Waals surface area contributed by atoms with Gasteiger partial charge in [-0.05, 0) is 12.1 Å². The summed E-state index contributed by atoms with van der Waals surface area (Å²) in [7, 11) is 0. The molecule has 3 heterocycles. The van der Waals surface area contributed by atoms with Crippen LogP contribution in [0.15, 0.2) is 35.3 Å². The number of hydrogen-bond donors (Lipinski definition) is 0. The van der Waals surface area contributed by atoms with E-state index < -0.39 is 17.4 Å². The number of alkyl halides is 3. The van der Waals surface area contributed by atoms with Gasteiger partial charge in [0.1, 0.15) is 10.8 Å². The Balaban J connectivity index is 0.00000176. The molecule has 116 valence electrons. The van der Waals surface area contributed by atoms with Crippen molar-refractivity contribution in [3.8, 4) is 11.1 Å². The predicted octanol–water partition coefficient (Wildman–Crippen LogP) is 4.50. The van der Waals surface area contributed by atoms with Crippen LogP contribution in [0.4, 0.5) is 13.2 Å². The number of carbonyl (C=O) groups excluding carboxylic acids is 1. The lowest BCUT2D eigenvalue weighted by atomic mass is 10.1. The fourth-order valence-electron chi connectivity index (χ4n) is 2.00. The molecule has 4 nitrogen and oxygen atoms in total. The van der Waals surface area contributed by atoms with Gasteiger partial charge in [0, 0.05) is 17.3 Å². The summed E-state index contributed by atoms with van der Waals surface area (Å²) in [6.07, 6.45) is -0.285. The van der Waals surface area contributed by atoms with E-state index in [1.54, 1.807) is 0 Å². The number of halogens is 5. The maximum Gasteiger partial charge on any atom is 0.420 e. The van der Waals surface area contributed by atoms with Crippen LogP contribution >= 0.6 is 24.0 Å². The van der Waals surface area contributed by atoms with Gasteiger partial charge in [-0.3, -0.25) is 9.20 Å². The number of pyridine rings is 1. The lowest BCUT2D eigenvalue weighted by molar-refractivity contribution is -0.136. The molecule has 0 bridgehead atoms. The predicted molar refractivity (Wildman–Crippen MR) is 75.5 cm³/mol. The summed E-state index contributed by atoms with van der Waals surface area (Å²) < 4.78 is 45.4. The largest absolute Gasteiger partial charge is 0.472 e. The van der Waals surface area contributed by atoms with Crippen LogP contribution in [0.1, 0.15) is 16.1 Å². The Morgan fingerprint density at radius 3 is 2.59 bits per heavy atom. The van der Waals surface area contributed by atoms with E-state index in [1.807, 2.05) is 0 Å². The molecule has 3 aromatic rings. The second-order valence-corrected chi connectivity index (χ2v) is 4.61. The van der Waals surface area contributed by atoms with E-state index in [1.165, 1.54) is 24.8 Å². The van der Waals surface area contributed by atoms with Crippen LogP contribution in [0.3, 0.4) is 0 Å². The molecular formula is C13H7Cl2F3N2O2. The summed E-state index contributed by atoms with van der Waals surface area (Å²) in [5.41, 5.74) is -0.926. The molecule has 0 spiro atoms. The molecule has 0 radical (unpaired) electrons. The maximum atomic E-state index is 13.2. The summed E-state index contributed by atoms with van der Waals surface area (Å²) in [6, 6.07) is 2.46. The van der Waals surface area contributed by atoms with Crippen LogP contribution in [0, 0.1) is 0 Å². The quantitative estimate of drug-likeness (QED) is 0.639. The van der Waals surface area contributed by atoms with E-state index in [2.05, 4.69) is 4.98 Å². The Hall–Kier alpha value is -1.99. The Kier molecular flexibility index (Phi) is 4.21. The van der Waals surface area contributed by atoms with Gasteiger partial charge in [0.05, 0.1) is 18.1 Å². The molecule has 3 aromatic heterocycles. The second-order valence-electron chi connectivity index (χ2n) is 4.25. The molecule has 0 unspecified atom stereocenters. The van der Waals surface area contributed by atoms with E-state index >= 15 is 0 Å². The van der Waals surface area contributed by atoms with Gasteiger partial charge >= 0.3 is 6.18 Å². The molecule has 0 aromatic carbocycles. The zero-order valence-corrected chi connectivity index (χ0v) is 12.2. The van der Waals surface area contributed by atoms with Crippen molar-refractivity contribution < 1.29 is 22.4 Å². The van der Waals surface area contributed by atoms with Crippen LogP contribution < -0.4 is 0 Å². The van der Waals surface area contributed by atoms with Crippen LogP contribution in [0.25, 0.3) is 16.8 Å². The highest BCUT2D eigenvalue weighted by Crippen LogP contribution is 2.36. The first-order valence-corrected chi connectivity index (χ1v) is 6.06. The summed E-state index contributed by atoms with van der Waals surface area (Å²) in [5.74, 6) is 0. The fourth-order valence-corrected chi connectivity index (χ4v) is 2.22. The zero-order valence-electron chi connectivity index (χ0n) is 10.6. The highest BCUT2D eigenvalue weighted by Gasteiger charge is 2.35. The van der Waals surface area contributed by atoms with E-state index in [-0.39, 0.29) is 28.8 Å². The number of carbonyl (C=O) groups is 1.